The third-order valence-corrected chi connectivity index (χ3v) is 5.94. The second kappa shape index (κ2) is 6.43. The molecule has 0 atom stereocenters. The van der Waals surface area contributed by atoms with Crippen molar-refractivity contribution in [2.75, 3.05) is 0 Å². The van der Waals surface area contributed by atoms with Crippen molar-refractivity contribution in [3.05, 3.63) is 89.4 Å². The third-order valence-electron chi connectivity index (χ3n) is 3.31. The minimum atomic E-state index is -0.563. The van der Waals surface area contributed by atoms with Crippen molar-refractivity contribution in [2.45, 2.75) is 6.92 Å². The Balaban J connectivity index is 2.17. The second-order valence-corrected chi connectivity index (χ2v) is 7.65. The lowest BCUT2D eigenvalue weighted by Crippen LogP contribution is -2.20. The Morgan fingerprint density at radius 1 is 0.667 bits per heavy atom. The Morgan fingerprint density at radius 3 is 1.67 bits per heavy atom. The molecule has 0 unspecified atom stereocenters. The molecule has 3 aromatic rings. The van der Waals surface area contributed by atoms with Crippen LogP contribution in [0, 0.1) is 6.92 Å². The highest BCUT2D eigenvalue weighted by Crippen LogP contribution is 2.33. The van der Waals surface area contributed by atoms with E-state index in [-0.39, 0.29) is 0 Å². The van der Waals surface area contributed by atoms with Crippen LogP contribution in [0.5, 0.6) is 0 Å². The van der Waals surface area contributed by atoms with E-state index in [9.17, 15) is 0 Å². The molecule has 0 nitrogen and oxygen atoms in total. The molecule has 0 N–H and O–H groups in total. The van der Waals surface area contributed by atoms with Gasteiger partial charge in [0.2, 0.25) is 0 Å². The molecule has 0 saturated carbocycles. The zero-order valence-electron chi connectivity index (χ0n) is 11.8. The maximum Gasteiger partial charge on any atom is 0.0415 e. The van der Waals surface area contributed by atoms with Crippen LogP contribution in [0.2, 0.25) is 5.02 Å². The van der Waals surface area contributed by atoms with E-state index in [1.165, 1.54) is 21.5 Å². The standard InChI is InChI=1S/C19H16ClP/c1-15-12-16(20)14-19(13-15)21(17-8-4-2-5-9-17)18-10-6-3-7-11-18/h2-14H,1H3. The van der Waals surface area contributed by atoms with E-state index in [4.69, 9.17) is 11.6 Å². The van der Waals surface area contributed by atoms with E-state index in [0.717, 1.165) is 5.02 Å². The summed E-state index contributed by atoms with van der Waals surface area (Å²) >= 11 is 6.28. The average molecular weight is 311 g/mol. The summed E-state index contributed by atoms with van der Waals surface area (Å²) in [7, 11) is -0.563. The molecule has 0 radical (unpaired) electrons. The monoisotopic (exact) mass is 310 g/mol. The van der Waals surface area contributed by atoms with Crippen LogP contribution in [0.4, 0.5) is 0 Å². The van der Waals surface area contributed by atoms with Crippen LogP contribution in [-0.4, -0.2) is 0 Å². The lowest BCUT2D eigenvalue weighted by Gasteiger charge is -2.20. The van der Waals surface area contributed by atoms with Crippen molar-refractivity contribution in [1.82, 2.24) is 0 Å². The molecule has 2 heteroatoms. The van der Waals surface area contributed by atoms with Crippen LogP contribution in [0.1, 0.15) is 5.56 Å². The van der Waals surface area contributed by atoms with E-state index < -0.39 is 7.92 Å². The lowest BCUT2D eigenvalue weighted by molar-refractivity contribution is 1.49. The van der Waals surface area contributed by atoms with Gasteiger partial charge >= 0.3 is 0 Å². The molecule has 0 aromatic heterocycles. The second-order valence-electron chi connectivity index (χ2n) is 4.99. The molecule has 0 aliphatic rings. The number of halogens is 1. The Kier molecular flexibility index (Phi) is 4.39. The summed E-state index contributed by atoms with van der Waals surface area (Å²) in [5, 5.41) is 4.80. The maximum absolute atomic E-state index is 6.28. The molecule has 3 aromatic carbocycles. The molecule has 21 heavy (non-hydrogen) atoms. The third kappa shape index (κ3) is 3.35. The number of benzene rings is 3. The molecule has 0 aliphatic heterocycles. The van der Waals surface area contributed by atoms with Gasteiger partial charge in [0.1, 0.15) is 0 Å². The van der Waals surface area contributed by atoms with Crippen LogP contribution < -0.4 is 15.9 Å². The van der Waals surface area contributed by atoms with Gasteiger partial charge in [0.05, 0.1) is 0 Å². The first kappa shape index (κ1) is 14.3. The number of aryl methyl sites for hydroxylation is 1. The quantitative estimate of drug-likeness (QED) is 0.629. The topological polar surface area (TPSA) is 0 Å². The normalized spacial score (nSPS) is 10.8. The van der Waals surface area contributed by atoms with E-state index in [2.05, 4.69) is 79.7 Å². The zero-order chi connectivity index (χ0) is 14.7. The molecule has 0 bridgehead atoms. The van der Waals surface area contributed by atoms with Crippen LogP contribution in [0.25, 0.3) is 0 Å². The van der Waals surface area contributed by atoms with Gasteiger partial charge in [-0.25, -0.2) is 0 Å². The molecule has 0 fully saturated rings. The van der Waals surface area contributed by atoms with Crippen LogP contribution >= 0.6 is 19.5 Å². The fourth-order valence-corrected chi connectivity index (χ4v) is 5.25. The van der Waals surface area contributed by atoms with Gasteiger partial charge in [-0.3, -0.25) is 0 Å². The fraction of sp³-hybridized carbons (Fsp3) is 0.0526. The maximum atomic E-state index is 6.28. The Labute approximate surface area is 132 Å². The summed E-state index contributed by atoms with van der Waals surface area (Å²) in [6.07, 6.45) is 0. The lowest BCUT2D eigenvalue weighted by atomic mass is 10.2. The van der Waals surface area contributed by atoms with Gasteiger partial charge in [-0.05, 0) is 48.5 Å². The van der Waals surface area contributed by atoms with Crippen LogP contribution in [0.15, 0.2) is 78.9 Å². The SMILES string of the molecule is Cc1cc(Cl)cc(P(c2ccccc2)c2ccccc2)c1. The molecule has 3 rings (SSSR count). The molecule has 0 saturated heterocycles. The van der Waals surface area contributed by atoms with Crippen molar-refractivity contribution >= 4 is 35.4 Å². The summed E-state index contributed by atoms with van der Waals surface area (Å²) in [6, 6.07) is 27.7. The predicted octanol–water partition coefficient (Wildman–Crippen LogP) is 4.41. The van der Waals surface area contributed by atoms with Gasteiger partial charge in [0, 0.05) is 5.02 Å². The van der Waals surface area contributed by atoms with Crippen molar-refractivity contribution in [2.24, 2.45) is 0 Å². The van der Waals surface area contributed by atoms with Crippen LogP contribution in [-0.2, 0) is 0 Å². The van der Waals surface area contributed by atoms with Crippen molar-refractivity contribution in [1.29, 1.82) is 0 Å². The number of hydrogen-bond acceptors (Lipinski definition) is 0. The smallest absolute Gasteiger partial charge is 0.0415 e. The Bertz CT molecular complexity index is 663. The fourth-order valence-electron chi connectivity index (χ4n) is 2.45. The highest BCUT2D eigenvalue weighted by atomic mass is 35.5. The van der Waals surface area contributed by atoms with Gasteiger partial charge < -0.3 is 0 Å². The summed E-state index contributed by atoms with van der Waals surface area (Å²) < 4.78 is 0. The molecule has 0 amide bonds. The molecule has 0 spiro atoms. The minimum Gasteiger partial charge on any atom is -0.0843 e. The Hall–Kier alpha value is -1.62. The molecule has 0 aliphatic carbocycles. The highest BCUT2D eigenvalue weighted by Gasteiger charge is 2.16. The summed E-state index contributed by atoms with van der Waals surface area (Å²) in [6.45, 7) is 2.10. The van der Waals surface area contributed by atoms with Gasteiger partial charge in [-0.15, -0.1) is 0 Å². The molecular formula is C19H16ClP. The zero-order valence-corrected chi connectivity index (χ0v) is 13.5. The summed E-state index contributed by atoms with van der Waals surface area (Å²) in [5.74, 6) is 0. The Morgan fingerprint density at radius 2 is 1.19 bits per heavy atom. The summed E-state index contributed by atoms with van der Waals surface area (Å²) in [5.41, 5.74) is 1.21. The molecule has 104 valence electrons. The van der Waals surface area contributed by atoms with Crippen LogP contribution in [0.3, 0.4) is 0 Å². The molecule has 0 heterocycles. The van der Waals surface area contributed by atoms with E-state index in [1.54, 1.807) is 0 Å². The van der Waals surface area contributed by atoms with E-state index in [0.29, 0.717) is 0 Å². The number of hydrogen-bond donors (Lipinski definition) is 0. The minimum absolute atomic E-state index is 0.563. The van der Waals surface area contributed by atoms with Crippen molar-refractivity contribution < 1.29 is 0 Å². The average Bonchev–Trinajstić information content (AvgIpc) is 2.49. The van der Waals surface area contributed by atoms with Gasteiger partial charge in [0.25, 0.3) is 0 Å². The van der Waals surface area contributed by atoms with E-state index in [1.807, 2.05) is 6.07 Å². The van der Waals surface area contributed by atoms with Crippen molar-refractivity contribution in [3.8, 4) is 0 Å². The molecular weight excluding hydrogens is 295 g/mol. The predicted molar refractivity (Wildman–Crippen MR) is 94.9 cm³/mol. The number of rotatable bonds is 3. The van der Waals surface area contributed by atoms with Gasteiger partial charge in [0.15, 0.2) is 0 Å². The first-order valence-electron chi connectivity index (χ1n) is 6.91. The van der Waals surface area contributed by atoms with E-state index >= 15 is 0 Å². The van der Waals surface area contributed by atoms with Crippen molar-refractivity contribution in [3.63, 3.8) is 0 Å². The summed E-state index contributed by atoms with van der Waals surface area (Å²) in [4.78, 5) is 0. The first-order valence-corrected chi connectivity index (χ1v) is 8.63. The van der Waals surface area contributed by atoms with Gasteiger partial charge in [-0.1, -0.05) is 78.3 Å². The van der Waals surface area contributed by atoms with Gasteiger partial charge in [-0.2, -0.15) is 0 Å². The largest absolute Gasteiger partial charge is 0.0843 e. The first-order chi connectivity index (χ1) is 10.2. The highest BCUT2D eigenvalue weighted by molar-refractivity contribution is 7.79.